The van der Waals surface area contributed by atoms with Gasteiger partial charge < -0.3 is 10.6 Å². The Morgan fingerprint density at radius 2 is 2.00 bits per heavy atom. The smallest absolute Gasteiger partial charge is 0.224 e. The molecule has 0 spiro atoms. The molecule has 0 aliphatic carbocycles. The number of nitrogens with one attached hydrogen (secondary N) is 2. The van der Waals surface area contributed by atoms with Gasteiger partial charge in [0, 0.05) is 13.1 Å². The second-order valence-electron chi connectivity index (χ2n) is 6.05. The number of carbonyl (C=O) groups is 1. The number of hydrogen-bond acceptors (Lipinski definition) is 2. The minimum absolute atomic E-state index is 0.101. The molecule has 0 bridgehead atoms. The molecule has 110 valence electrons. The summed E-state index contributed by atoms with van der Waals surface area (Å²) in [7, 11) is 0. The van der Waals surface area contributed by atoms with Crippen LogP contribution in [0.1, 0.15) is 18.9 Å². The van der Waals surface area contributed by atoms with Gasteiger partial charge in [0.2, 0.25) is 5.91 Å². The maximum absolute atomic E-state index is 12.3. The first-order valence-corrected chi connectivity index (χ1v) is 7.69. The number of rotatable bonds is 3. The molecule has 0 aromatic heterocycles. The Kier molecular flexibility index (Phi) is 4.20. The zero-order valence-electron chi connectivity index (χ0n) is 12.4. The first-order chi connectivity index (χ1) is 10.2. The van der Waals surface area contributed by atoms with Crippen molar-refractivity contribution in [1.29, 1.82) is 0 Å². The highest BCUT2D eigenvalue weighted by molar-refractivity contribution is 5.86. The number of hydrogen-bond donors (Lipinski definition) is 2. The highest BCUT2D eigenvalue weighted by Gasteiger charge is 2.24. The lowest BCUT2D eigenvalue weighted by Crippen LogP contribution is -2.43. The first kappa shape index (κ1) is 14.1. The standard InChI is InChI=1S/C18H22N2O/c1-13-9-16(11-19-10-13)18(21)20-12-15-7-4-6-14-5-2-3-8-17(14)15/h2-8,13,16,19H,9-12H2,1H3,(H,20,21). The third-order valence-corrected chi connectivity index (χ3v) is 4.27. The fourth-order valence-electron chi connectivity index (χ4n) is 3.13. The van der Waals surface area contributed by atoms with E-state index in [0.29, 0.717) is 12.5 Å². The molecule has 3 heteroatoms. The fraction of sp³-hybridized carbons (Fsp3) is 0.389. The van der Waals surface area contributed by atoms with Crippen LogP contribution in [0.2, 0.25) is 0 Å². The van der Waals surface area contributed by atoms with Gasteiger partial charge in [0.1, 0.15) is 0 Å². The number of benzene rings is 2. The topological polar surface area (TPSA) is 41.1 Å². The fourth-order valence-corrected chi connectivity index (χ4v) is 3.13. The van der Waals surface area contributed by atoms with Gasteiger partial charge in [0.15, 0.2) is 0 Å². The van der Waals surface area contributed by atoms with Crippen LogP contribution in [0.4, 0.5) is 0 Å². The molecule has 21 heavy (non-hydrogen) atoms. The molecule has 0 radical (unpaired) electrons. The lowest BCUT2D eigenvalue weighted by atomic mass is 9.91. The quantitative estimate of drug-likeness (QED) is 0.909. The summed E-state index contributed by atoms with van der Waals surface area (Å²) in [6.45, 7) is 4.61. The van der Waals surface area contributed by atoms with Crippen molar-refractivity contribution < 1.29 is 4.79 Å². The van der Waals surface area contributed by atoms with Gasteiger partial charge in [-0.1, -0.05) is 49.4 Å². The van der Waals surface area contributed by atoms with E-state index in [9.17, 15) is 4.79 Å². The van der Waals surface area contributed by atoms with E-state index >= 15 is 0 Å². The zero-order valence-corrected chi connectivity index (χ0v) is 12.4. The molecule has 1 saturated heterocycles. The van der Waals surface area contributed by atoms with E-state index in [0.717, 1.165) is 19.5 Å². The van der Waals surface area contributed by atoms with Crippen LogP contribution in [-0.2, 0) is 11.3 Å². The van der Waals surface area contributed by atoms with Crippen LogP contribution in [0.15, 0.2) is 42.5 Å². The van der Waals surface area contributed by atoms with Gasteiger partial charge in [-0.3, -0.25) is 4.79 Å². The van der Waals surface area contributed by atoms with Crippen LogP contribution >= 0.6 is 0 Å². The maximum Gasteiger partial charge on any atom is 0.224 e. The van der Waals surface area contributed by atoms with E-state index in [1.165, 1.54) is 16.3 Å². The van der Waals surface area contributed by atoms with Crippen LogP contribution in [-0.4, -0.2) is 19.0 Å². The summed E-state index contributed by atoms with van der Waals surface area (Å²) in [5.74, 6) is 0.845. The van der Waals surface area contributed by atoms with E-state index in [2.05, 4.69) is 41.8 Å². The van der Waals surface area contributed by atoms with Gasteiger partial charge in [-0.15, -0.1) is 0 Å². The molecule has 1 amide bonds. The van der Waals surface area contributed by atoms with E-state index in [1.54, 1.807) is 0 Å². The van der Waals surface area contributed by atoms with Gasteiger partial charge in [-0.05, 0) is 35.2 Å². The van der Waals surface area contributed by atoms with E-state index in [4.69, 9.17) is 0 Å². The first-order valence-electron chi connectivity index (χ1n) is 7.69. The summed E-state index contributed by atoms with van der Waals surface area (Å²) < 4.78 is 0. The van der Waals surface area contributed by atoms with Gasteiger partial charge in [-0.25, -0.2) is 0 Å². The number of piperidine rings is 1. The minimum atomic E-state index is 0.101. The third kappa shape index (κ3) is 3.24. The maximum atomic E-state index is 12.3. The van der Waals surface area contributed by atoms with Crippen molar-refractivity contribution in [3.05, 3.63) is 48.0 Å². The molecule has 1 aliphatic rings. The molecule has 2 unspecified atom stereocenters. The predicted octanol–water partition coefficient (Wildman–Crippen LogP) is 2.70. The molecule has 1 fully saturated rings. The second kappa shape index (κ2) is 6.27. The summed E-state index contributed by atoms with van der Waals surface area (Å²) in [6.07, 6.45) is 0.981. The average Bonchev–Trinajstić information content (AvgIpc) is 2.52. The Hall–Kier alpha value is -1.87. The molecule has 2 N–H and O–H groups in total. The highest BCUT2D eigenvalue weighted by atomic mass is 16.1. The molecular weight excluding hydrogens is 260 g/mol. The summed E-state index contributed by atoms with van der Waals surface area (Å²) in [4.78, 5) is 12.3. The van der Waals surface area contributed by atoms with Crippen molar-refractivity contribution in [2.75, 3.05) is 13.1 Å². The number of amides is 1. The van der Waals surface area contributed by atoms with Crippen LogP contribution in [0.25, 0.3) is 10.8 Å². The second-order valence-corrected chi connectivity index (χ2v) is 6.05. The van der Waals surface area contributed by atoms with Crippen LogP contribution < -0.4 is 10.6 Å². The molecular formula is C18H22N2O. The summed E-state index contributed by atoms with van der Waals surface area (Å²) >= 11 is 0. The van der Waals surface area contributed by atoms with Crippen molar-refractivity contribution in [2.24, 2.45) is 11.8 Å². The van der Waals surface area contributed by atoms with Crippen molar-refractivity contribution in [3.63, 3.8) is 0 Å². The normalized spacial score (nSPS) is 22.1. The number of carbonyl (C=O) groups excluding carboxylic acids is 1. The summed E-state index contributed by atoms with van der Waals surface area (Å²) in [5, 5.41) is 8.87. The van der Waals surface area contributed by atoms with E-state index in [-0.39, 0.29) is 11.8 Å². The Balaban J connectivity index is 1.67. The molecule has 3 rings (SSSR count). The molecule has 1 heterocycles. The molecule has 3 nitrogen and oxygen atoms in total. The largest absolute Gasteiger partial charge is 0.352 e. The molecule has 2 aromatic carbocycles. The van der Waals surface area contributed by atoms with Crippen LogP contribution in [0, 0.1) is 11.8 Å². The number of fused-ring (bicyclic) bond motifs is 1. The zero-order chi connectivity index (χ0) is 14.7. The van der Waals surface area contributed by atoms with Gasteiger partial charge in [-0.2, -0.15) is 0 Å². The van der Waals surface area contributed by atoms with Crippen LogP contribution in [0.5, 0.6) is 0 Å². The summed E-state index contributed by atoms with van der Waals surface area (Å²) in [5.41, 5.74) is 1.18. The Bertz CT molecular complexity index is 633. The lowest BCUT2D eigenvalue weighted by molar-refractivity contribution is -0.126. The van der Waals surface area contributed by atoms with E-state index < -0.39 is 0 Å². The molecule has 2 atom stereocenters. The Morgan fingerprint density at radius 1 is 1.19 bits per heavy atom. The lowest BCUT2D eigenvalue weighted by Gasteiger charge is -2.26. The minimum Gasteiger partial charge on any atom is -0.352 e. The van der Waals surface area contributed by atoms with Crippen molar-refractivity contribution in [1.82, 2.24) is 10.6 Å². The average molecular weight is 282 g/mol. The molecule has 2 aromatic rings. The van der Waals surface area contributed by atoms with Gasteiger partial charge in [0.25, 0.3) is 0 Å². The predicted molar refractivity (Wildman–Crippen MR) is 85.9 cm³/mol. The Labute approximate surface area is 125 Å². The monoisotopic (exact) mass is 282 g/mol. The van der Waals surface area contributed by atoms with Crippen molar-refractivity contribution in [2.45, 2.75) is 19.9 Å². The molecule has 0 saturated carbocycles. The van der Waals surface area contributed by atoms with Crippen molar-refractivity contribution >= 4 is 16.7 Å². The van der Waals surface area contributed by atoms with Gasteiger partial charge in [0.05, 0.1) is 5.92 Å². The van der Waals surface area contributed by atoms with Crippen LogP contribution in [0.3, 0.4) is 0 Å². The van der Waals surface area contributed by atoms with E-state index in [1.807, 2.05) is 18.2 Å². The van der Waals surface area contributed by atoms with Crippen molar-refractivity contribution in [3.8, 4) is 0 Å². The Morgan fingerprint density at radius 3 is 2.86 bits per heavy atom. The summed E-state index contributed by atoms with van der Waals surface area (Å²) in [6, 6.07) is 14.5. The highest BCUT2D eigenvalue weighted by Crippen LogP contribution is 2.19. The van der Waals surface area contributed by atoms with Gasteiger partial charge >= 0.3 is 0 Å². The SMILES string of the molecule is CC1CNCC(C(=O)NCc2cccc3ccccc23)C1. The third-order valence-electron chi connectivity index (χ3n) is 4.27. The molecule has 1 aliphatic heterocycles.